The van der Waals surface area contributed by atoms with Gasteiger partial charge in [0.2, 0.25) is 5.91 Å². The van der Waals surface area contributed by atoms with Gasteiger partial charge < -0.3 is 11.1 Å². The maximum absolute atomic E-state index is 12.0. The predicted octanol–water partition coefficient (Wildman–Crippen LogP) is 2.21. The third kappa shape index (κ3) is 4.55. The number of aromatic amines is 1. The molecule has 118 valence electrons. The highest BCUT2D eigenvalue weighted by Crippen LogP contribution is 2.22. The molecule has 0 radical (unpaired) electrons. The molecular weight excluding hydrogens is 299 g/mol. The largest absolute Gasteiger partial charge is 0.389 e. The summed E-state index contributed by atoms with van der Waals surface area (Å²) in [5, 5.41) is 9.05. The van der Waals surface area contributed by atoms with Gasteiger partial charge in [0.15, 0.2) is 5.82 Å². The molecule has 1 amide bonds. The van der Waals surface area contributed by atoms with Crippen LogP contribution in [0.3, 0.4) is 0 Å². The van der Waals surface area contributed by atoms with Crippen LogP contribution in [0.5, 0.6) is 0 Å². The molecule has 0 saturated carbocycles. The van der Waals surface area contributed by atoms with Crippen LogP contribution in [0.2, 0.25) is 0 Å². The Labute approximate surface area is 123 Å². The van der Waals surface area contributed by atoms with Crippen LogP contribution < -0.4 is 11.1 Å². The van der Waals surface area contributed by atoms with Gasteiger partial charge in [-0.2, -0.15) is 18.3 Å². The molecule has 1 aromatic heterocycles. The minimum absolute atomic E-state index is 0.236. The van der Waals surface area contributed by atoms with Crippen LogP contribution in [0.25, 0.3) is 11.4 Å². The number of carbonyl (C=O) groups is 1. The molecule has 0 atom stereocenters. The lowest BCUT2D eigenvalue weighted by Gasteiger charge is -2.07. The van der Waals surface area contributed by atoms with Crippen LogP contribution in [0, 0.1) is 0 Å². The normalized spacial score (nSPS) is 11.5. The van der Waals surface area contributed by atoms with Gasteiger partial charge in [-0.25, -0.2) is 4.98 Å². The van der Waals surface area contributed by atoms with E-state index in [-0.39, 0.29) is 6.54 Å². The zero-order chi connectivity index (χ0) is 16.2. The third-order valence-corrected chi connectivity index (χ3v) is 2.79. The van der Waals surface area contributed by atoms with E-state index in [0.29, 0.717) is 22.9 Å². The third-order valence-electron chi connectivity index (χ3n) is 2.79. The average molecular weight is 313 g/mol. The summed E-state index contributed by atoms with van der Waals surface area (Å²) in [7, 11) is 0. The summed E-state index contributed by atoms with van der Waals surface area (Å²) in [5.41, 5.74) is 6.52. The Balaban J connectivity index is 1.95. The summed E-state index contributed by atoms with van der Waals surface area (Å²) in [4.78, 5) is 15.5. The fraction of sp³-hybridized carbons (Fsp3) is 0.308. The van der Waals surface area contributed by atoms with Crippen molar-refractivity contribution in [3.8, 4) is 11.4 Å². The summed E-state index contributed by atoms with van der Waals surface area (Å²) in [6.07, 6.45) is -6.09. The van der Waals surface area contributed by atoms with Crippen molar-refractivity contribution in [2.75, 3.05) is 5.32 Å². The number of alkyl halides is 3. The molecule has 4 N–H and O–H groups in total. The van der Waals surface area contributed by atoms with E-state index >= 15 is 0 Å². The topological polar surface area (TPSA) is 96.7 Å². The summed E-state index contributed by atoms with van der Waals surface area (Å²) in [6.45, 7) is 0.236. The number of amides is 1. The Bertz CT molecular complexity index is 636. The molecule has 0 aliphatic rings. The molecule has 0 saturated heterocycles. The lowest BCUT2D eigenvalue weighted by molar-refractivity contribution is -0.142. The van der Waals surface area contributed by atoms with Crippen molar-refractivity contribution in [1.82, 2.24) is 15.2 Å². The number of hydrogen-bond donors (Lipinski definition) is 3. The summed E-state index contributed by atoms with van der Waals surface area (Å²) >= 11 is 0. The molecule has 22 heavy (non-hydrogen) atoms. The number of anilines is 1. The Morgan fingerprint density at radius 1 is 1.27 bits per heavy atom. The van der Waals surface area contributed by atoms with Gasteiger partial charge >= 0.3 is 6.18 Å². The predicted molar refractivity (Wildman–Crippen MR) is 73.6 cm³/mol. The molecule has 1 heterocycles. The van der Waals surface area contributed by atoms with Gasteiger partial charge in [0, 0.05) is 17.7 Å². The molecule has 2 aromatic rings. The molecule has 2 rings (SSSR count). The minimum Gasteiger partial charge on any atom is -0.326 e. The number of nitrogens with two attached hydrogens (primary N) is 1. The highest BCUT2D eigenvalue weighted by Gasteiger charge is 2.27. The minimum atomic E-state index is -4.34. The Morgan fingerprint density at radius 3 is 2.50 bits per heavy atom. The maximum atomic E-state index is 12.0. The summed E-state index contributed by atoms with van der Waals surface area (Å²) in [6, 6.07) is 6.45. The molecule has 9 heteroatoms. The molecule has 0 bridgehead atoms. The maximum Gasteiger partial charge on any atom is 0.389 e. The van der Waals surface area contributed by atoms with E-state index in [1.807, 2.05) is 0 Å². The molecule has 0 aliphatic carbocycles. The van der Waals surface area contributed by atoms with E-state index in [1.165, 1.54) is 0 Å². The number of nitrogens with one attached hydrogen (secondary N) is 2. The first-order valence-electron chi connectivity index (χ1n) is 6.46. The molecule has 1 aromatic carbocycles. The lowest BCUT2D eigenvalue weighted by atomic mass is 10.2. The highest BCUT2D eigenvalue weighted by molar-refractivity contribution is 5.90. The summed E-state index contributed by atoms with van der Waals surface area (Å²) < 4.78 is 36.1. The van der Waals surface area contributed by atoms with Crippen molar-refractivity contribution in [3.05, 3.63) is 30.1 Å². The van der Waals surface area contributed by atoms with Crippen LogP contribution in [0.4, 0.5) is 18.9 Å². The molecule has 0 fully saturated rings. The van der Waals surface area contributed by atoms with E-state index in [1.54, 1.807) is 24.3 Å². The Morgan fingerprint density at radius 2 is 1.95 bits per heavy atom. The smallest absolute Gasteiger partial charge is 0.326 e. The van der Waals surface area contributed by atoms with Crippen LogP contribution in [0.1, 0.15) is 18.7 Å². The SMILES string of the molecule is NCc1nc(-c2ccc(NC(=O)CCC(F)(F)F)cc2)n[nH]1. The quantitative estimate of drug-likeness (QED) is 0.788. The van der Waals surface area contributed by atoms with Crippen LogP contribution >= 0.6 is 0 Å². The second-order valence-electron chi connectivity index (χ2n) is 4.55. The van der Waals surface area contributed by atoms with E-state index in [2.05, 4.69) is 20.5 Å². The number of nitrogens with zero attached hydrogens (tertiary/aromatic N) is 2. The number of carbonyl (C=O) groups excluding carboxylic acids is 1. The van der Waals surface area contributed by atoms with Gasteiger partial charge in [-0.05, 0) is 24.3 Å². The first-order chi connectivity index (χ1) is 10.4. The fourth-order valence-electron chi connectivity index (χ4n) is 1.70. The van der Waals surface area contributed by atoms with Crippen molar-refractivity contribution in [1.29, 1.82) is 0 Å². The number of halogens is 3. The van der Waals surface area contributed by atoms with E-state index in [9.17, 15) is 18.0 Å². The number of hydrogen-bond acceptors (Lipinski definition) is 4. The van der Waals surface area contributed by atoms with Crippen molar-refractivity contribution >= 4 is 11.6 Å². The lowest BCUT2D eigenvalue weighted by Crippen LogP contribution is -2.16. The molecular formula is C13H14F3N5O. The van der Waals surface area contributed by atoms with Crippen molar-refractivity contribution in [3.63, 3.8) is 0 Å². The summed E-state index contributed by atoms with van der Waals surface area (Å²) in [5.74, 6) is 0.309. The fourth-order valence-corrected chi connectivity index (χ4v) is 1.70. The van der Waals surface area contributed by atoms with E-state index in [0.717, 1.165) is 0 Å². The van der Waals surface area contributed by atoms with Crippen molar-refractivity contribution in [2.24, 2.45) is 5.73 Å². The Hall–Kier alpha value is -2.42. The standard InChI is InChI=1S/C13H14F3N5O/c14-13(15,16)6-5-11(22)18-9-3-1-8(2-4-9)12-19-10(7-17)20-21-12/h1-4H,5-7,17H2,(H,18,22)(H,19,20,21). The number of H-pyrrole nitrogens is 1. The van der Waals surface area contributed by atoms with Gasteiger partial charge in [0.1, 0.15) is 5.82 Å². The first-order valence-corrected chi connectivity index (χ1v) is 6.46. The van der Waals surface area contributed by atoms with Gasteiger partial charge in [0.05, 0.1) is 13.0 Å². The van der Waals surface area contributed by atoms with E-state index < -0.39 is 24.9 Å². The van der Waals surface area contributed by atoms with Gasteiger partial charge in [-0.1, -0.05) is 0 Å². The van der Waals surface area contributed by atoms with Crippen LogP contribution in [-0.2, 0) is 11.3 Å². The second-order valence-corrected chi connectivity index (χ2v) is 4.55. The second kappa shape index (κ2) is 6.56. The van der Waals surface area contributed by atoms with Crippen molar-refractivity contribution in [2.45, 2.75) is 25.6 Å². The van der Waals surface area contributed by atoms with Gasteiger partial charge in [-0.3, -0.25) is 9.89 Å². The zero-order valence-corrected chi connectivity index (χ0v) is 11.4. The first kappa shape index (κ1) is 16.0. The molecule has 0 unspecified atom stereocenters. The van der Waals surface area contributed by atoms with Crippen molar-refractivity contribution < 1.29 is 18.0 Å². The number of benzene rings is 1. The van der Waals surface area contributed by atoms with Crippen LogP contribution in [-0.4, -0.2) is 27.3 Å². The highest BCUT2D eigenvalue weighted by atomic mass is 19.4. The monoisotopic (exact) mass is 313 g/mol. The Kier molecular flexibility index (Phi) is 4.76. The molecule has 0 aliphatic heterocycles. The average Bonchev–Trinajstić information content (AvgIpc) is 2.94. The van der Waals surface area contributed by atoms with Crippen LogP contribution in [0.15, 0.2) is 24.3 Å². The number of rotatable bonds is 5. The number of aromatic nitrogens is 3. The van der Waals surface area contributed by atoms with E-state index in [4.69, 9.17) is 5.73 Å². The van der Waals surface area contributed by atoms with Gasteiger partial charge in [0.25, 0.3) is 0 Å². The molecule has 6 nitrogen and oxygen atoms in total. The molecule has 0 spiro atoms. The zero-order valence-electron chi connectivity index (χ0n) is 11.4. The van der Waals surface area contributed by atoms with Gasteiger partial charge in [-0.15, -0.1) is 0 Å².